The van der Waals surface area contributed by atoms with E-state index >= 15 is 0 Å². The second-order valence-electron chi connectivity index (χ2n) is 5.64. The number of oxazole rings is 1. The third kappa shape index (κ3) is 4.54. The maximum absolute atomic E-state index is 13.1. The predicted molar refractivity (Wildman–Crippen MR) is 74.1 cm³/mol. The van der Waals surface area contributed by atoms with Crippen LogP contribution in [0, 0.1) is 0 Å². The SMILES string of the molecule is CCCNCCCc1ncc(C2CCC(F)(F)CC2)o1. The predicted octanol–water partition coefficient (Wildman–Crippen LogP) is 3.90. The largest absolute Gasteiger partial charge is 0.445 e. The lowest BCUT2D eigenvalue weighted by molar-refractivity contribution is -0.0395. The average molecular weight is 286 g/mol. The molecule has 20 heavy (non-hydrogen) atoms. The molecule has 1 heterocycles. The Bertz CT molecular complexity index is 396. The molecule has 0 bridgehead atoms. The zero-order valence-electron chi connectivity index (χ0n) is 12.1. The lowest BCUT2D eigenvalue weighted by Crippen LogP contribution is -2.23. The van der Waals surface area contributed by atoms with Crippen molar-refractivity contribution in [3.05, 3.63) is 17.8 Å². The maximum Gasteiger partial charge on any atom is 0.248 e. The molecule has 114 valence electrons. The Hall–Kier alpha value is -0.970. The van der Waals surface area contributed by atoms with Gasteiger partial charge in [0.25, 0.3) is 0 Å². The van der Waals surface area contributed by atoms with Gasteiger partial charge in [-0.15, -0.1) is 0 Å². The van der Waals surface area contributed by atoms with Crippen LogP contribution in [0.25, 0.3) is 0 Å². The average Bonchev–Trinajstić information content (AvgIpc) is 2.87. The van der Waals surface area contributed by atoms with E-state index < -0.39 is 5.92 Å². The van der Waals surface area contributed by atoms with Crippen LogP contribution < -0.4 is 5.32 Å². The number of nitrogens with zero attached hydrogens (tertiary/aromatic N) is 1. The number of hydrogen-bond donors (Lipinski definition) is 1. The Labute approximate surface area is 119 Å². The van der Waals surface area contributed by atoms with E-state index in [9.17, 15) is 8.78 Å². The highest BCUT2D eigenvalue weighted by Crippen LogP contribution is 2.40. The van der Waals surface area contributed by atoms with Crippen LogP contribution in [0.1, 0.15) is 63.0 Å². The van der Waals surface area contributed by atoms with Crippen LogP contribution in [-0.2, 0) is 6.42 Å². The van der Waals surface area contributed by atoms with Gasteiger partial charge < -0.3 is 9.73 Å². The summed E-state index contributed by atoms with van der Waals surface area (Å²) in [5, 5.41) is 3.33. The fourth-order valence-corrected chi connectivity index (χ4v) is 2.62. The summed E-state index contributed by atoms with van der Waals surface area (Å²) in [6.45, 7) is 4.13. The summed E-state index contributed by atoms with van der Waals surface area (Å²) in [6.07, 6.45) is 5.59. The molecule has 0 aromatic carbocycles. The molecule has 1 aliphatic carbocycles. The van der Waals surface area contributed by atoms with Gasteiger partial charge >= 0.3 is 0 Å². The zero-order chi connectivity index (χ0) is 14.4. The first kappa shape index (κ1) is 15.4. The van der Waals surface area contributed by atoms with Gasteiger partial charge in [0.15, 0.2) is 5.89 Å². The van der Waals surface area contributed by atoms with Gasteiger partial charge in [-0.1, -0.05) is 6.92 Å². The highest BCUT2D eigenvalue weighted by molar-refractivity contribution is 5.04. The molecule has 1 aromatic rings. The minimum atomic E-state index is -2.48. The van der Waals surface area contributed by atoms with Crippen molar-refractivity contribution in [2.45, 2.75) is 63.7 Å². The monoisotopic (exact) mass is 286 g/mol. The Morgan fingerprint density at radius 2 is 2.10 bits per heavy atom. The smallest absolute Gasteiger partial charge is 0.248 e. The molecule has 2 rings (SSSR count). The Morgan fingerprint density at radius 1 is 1.35 bits per heavy atom. The van der Waals surface area contributed by atoms with Crippen molar-refractivity contribution >= 4 is 0 Å². The first-order valence-electron chi connectivity index (χ1n) is 7.64. The number of alkyl halides is 2. The highest BCUT2D eigenvalue weighted by Gasteiger charge is 2.36. The molecule has 0 unspecified atom stereocenters. The minimum Gasteiger partial charge on any atom is -0.445 e. The van der Waals surface area contributed by atoms with Gasteiger partial charge in [-0.3, -0.25) is 0 Å². The molecule has 0 radical (unpaired) electrons. The maximum atomic E-state index is 13.1. The number of aryl methyl sites for hydroxylation is 1. The molecule has 0 atom stereocenters. The number of aromatic nitrogens is 1. The summed E-state index contributed by atoms with van der Waals surface area (Å²) in [4.78, 5) is 4.26. The van der Waals surface area contributed by atoms with Crippen molar-refractivity contribution in [1.82, 2.24) is 10.3 Å². The van der Waals surface area contributed by atoms with Crippen molar-refractivity contribution in [3.63, 3.8) is 0 Å². The Balaban J connectivity index is 1.75. The Kier molecular flexibility index (Phi) is 5.52. The van der Waals surface area contributed by atoms with Crippen molar-refractivity contribution in [2.24, 2.45) is 0 Å². The zero-order valence-corrected chi connectivity index (χ0v) is 12.1. The summed E-state index contributed by atoms with van der Waals surface area (Å²) in [7, 11) is 0. The number of nitrogens with one attached hydrogen (secondary N) is 1. The summed E-state index contributed by atoms with van der Waals surface area (Å²) in [5.74, 6) is -0.841. The molecule has 1 N–H and O–H groups in total. The van der Waals surface area contributed by atoms with Gasteiger partial charge in [-0.2, -0.15) is 0 Å². The second-order valence-corrected chi connectivity index (χ2v) is 5.64. The second kappa shape index (κ2) is 7.16. The van der Waals surface area contributed by atoms with Crippen LogP contribution in [0.3, 0.4) is 0 Å². The molecule has 0 saturated heterocycles. The molecule has 3 nitrogen and oxygen atoms in total. The number of halogens is 2. The van der Waals surface area contributed by atoms with E-state index in [4.69, 9.17) is 4.42 Å². The van der Waals surface area contributed by atoms with E-state index in [1.54, 1.807) is 6.20 Å². The molecule has 5 heteroatoms. The van der Waals surface area contributed by atoms with E-state index in [1.807, 2.05) is 0 Å². The van der Waals surface area contributed by atoms with Crippen molar-refractivity contribution in [3.8, 4) is 0 Å². The minimum absolute atomic E-state index is 0.0331. The molecule has 1 aliphatic rings. The molecular weight excluding hydrogens is 262 g/mol. The van der Waals surface area contributed by atoms with Crippen molar-refractivity contribution in [2.75, 3.05) is 13.1 Å². The standard InChI is InChI=1S/C15H24F2N2O/c1-2-9-18-10-3-4-14-19-11-13(20-14)12-5-7-15(16,17)8-6-12/h11-12,18H,2-10H2,1H3. The fourth-order valence-electron chi connectivity index (χ4n) is 2.62. The van der Waals surface area contributed by atoms with E-state index in [2.05, 4.69) is 17.2 Å². The van der Waals surface area contributed by atoms with E-state index in [1.165, 1.54) is 0 Å². The van der Waals surface area contributed by atoms with Gasteiger partial charge in [-0.25, -0.2) is 13.8 Å². The van der Waals surface area contributed by atoms with Gasteiger partial charge in [0.05, 0.1) is 6.20 Å². The molecule has 0 amide bonds. The van der Waals surface area contributed by atoms with Crippen LogP contribution in [0.2, 0.25) is 0 Å². The van der Waals surface area contributed by atoms with Crippen molar-refractivity contribution < 1.29 is 13.2 Å². The molecule has 1 saturated carbocycles. The van der Waals surface area contributed by atoms with Gasteiger partial charge in [0, 0.05) is 25.2 Å². The topological polar surface area (TPSA) is 38.1 Å². The van der Waals surface area contributed by atoms with E-state index in [-0.39, 0.29) is 18.8 Å². The molecule has 0 spiro atoms. The molecular formula is C15H24F2N2O. The third-order valence-corrected chi connectivity index (χ3v) is 3.86. The summed E-state index contributed by atoms with van der Waals surface area (Å²) in [6, 6.07) is 0. The summed E-state index contributed by atoms with van der Waals surface area (Å²) >= 11 is 0. The quantitative estimate of drug-likeness (QED) is 0.773. The highest BCUT2D eigenvalue weighted by atomic mass is 19.3. The first-order valence-corrected chi connectivity index (χ1v) is 7.64. The van der Waals surface area contributed by atoms with Crippen molar-refractivity contribution in [1.29, 1.82) is 0 Å². The lowest BCUT2D eigenvalue weighted by atomic mass is 9.85. The van der Waals surface area contributed by atoms with Crippen LogP contribution >= 0.6 is 0 Å². The van der Waals surface area contributed by atoms with Crippen LogP contribution in [-0.4, -0.2) is 24.0 Å². The summed E-state index contributed by atoms with van der Waals surface area (Å²) < 4.78 is 31.9. The number of rotatable bonds is 7. The van der Waals surface area contributed by atoms with E-state index in [0.29, 0.717) is 12.8 Å². The molecule has 1 fully saturated rings. The molecule has 0 aliphatic heterocycles. The van der Waals surface area contributed by atoms with Crippen LogP contribution in [0.5, 0.6) is 0 Å². The number of hydrogen-bond acceptors (Lipinski definition) is 3. The van der Waals surface area contributed by atoms with Gasteiger partial charge in [-0.05, 0) is 38.8 Å². The van der Waals surface area contributed by atoms with Gasteiger partial charge in [0.2, 0.25) is 5.92 Å². The van der Waals surface area contributed by atoms with E-state index in [0.717, 1.165) is 44.0 Å². The Morgan fingerprint density at radius 3 is 2.80 bits per heavy atom. The van der Waals surface area contributed by atoms with Crippen LogP contribution in [0.4, 0.5) is 8.78 Å². The third-order valence-electron chi connectivity index (χ3n) is 3.86. The summed E-state index contributed by atoms with van der Waals surface area (Å²) in [5.41, 5.74) is 0. The van der Waals surface area contributed by atoms with Crippen LogP contribution in [0.15, 0.2) is 10.6 Å². The van der Waals surface area contributed by atoms with Gasteiger partial charge in [0.1, 0.15) is 5.76 Å². The fraction of sp³-hybridized carbons (Fsp3) is 0.800. The lowest BCUT2D eigenvalue weighted by Gasteiger charge is -2.26. The normalized spacial score (nSPS) is 19.4. The molecule has 1 aromatic heterocycles. The first-order chi connectivity index (χ1) is 9.61.